The summed E-state index contributed by atoms with van der Waals surface area (Å²) in [5.74, 6) is -1.01. The van der Waals surface area contributed by atoms with Crippen LogP contribution in [0, 0.1) is 25.5 Å². The fourth-order valence-corrected chi connectivity index (χ4v) is 4.93. The van der Waals surface area contributed by atoms with Gasteiger partial charge in [0.05, 0.1) is 29.9 Å². The molecule has 1 aromatic carbocycles. The van der Waals surface area contributed by atoms with Crippen LogP contribution in [-0.2, 0) is 23.6 Å². The number of nitrogens with zero attached hydrogens (tertiary/aromatic N) is 5. The smallest absolute Gasteiger partial charge is 0.277 e. The van der Waals surface area contributed by atoms with E-state index in [4.69, 9.17) is 26.1 Å². The van der Waals surface area contributed by atoms with Gasteiger partial charge < -0.3 is 9.47 Å². The van der Waals surface area contributed by atoms with E-state index in [1.54, 1.807) is 37.5 Å². The molecule has 8 nitrogen and oxygen atoms in total. The third-order valence-corrected chi connectivity index (χ3v) is 7.60. The van der Waals surface area contributed by atoms with Gasteiger partial charge in [0.15, 0.2) is 11.6 Å². The van der Waals surface area contributed by atoms with Crippen molar-refractivity contribution >= 4 is 11.6 Å². The quantitative estimate of drug-likeness (QED) is 0.193. The molecule has 1 saturated carbocycles. The average molecular weight is 602 g/mol. The summed E-state index contributed by atoms with van der Waals surface area (Å²) in [6, 6.07) is 15.8. The molecule has 0 saturated heterocycles. The van der Waals surface area contributed by atoms with Gasteiger partial charge in [0, 0.05) is 30.2 Å². The highest BCUT2D eigenvalue weighted by atomic mass is 35.5. The second-order valence-corrected chi connectivity index (χ2v) is 10.7. The molecular formula is C32H26ClF2N5O3. The molecule has 0 aliphatic heterocycles. The summed E-state index contributed by atoms with van der Waals surface area (Å²) in [6.07, 6.45) is 5.88. The molecule has 0 spiro atoms. The molecule has 0 atom stereocenters. The first-order valence-corrected chi connectivity index (χ1v) is 14.0. The Balaban J connectivity index is 1.28. The highest BCUT2D eigenvalue weighted by Gasteiger charge is 2.48. The number of ether oxygens (including phenoxy) is 2. The van der Waals surface area contributed by atoms with Crippen LogP contribution in [0.2, 0.25) is 5.02 Å². The van der Waals surface area contributed by atoms with E-state index in [1.165, 1.54) is 4.57 Å². The van der Waals surface area contributed by atoms with Gasteiger partial charge in [-0.2, -0.15) is 0 Å². The molecule has 43 heavy (non-hydrogen) atoms. The highest BCUT2D eigenvalue weighted by molar-refractivity contribution is 6.31. The molecule has 6 rings (SSSR count). The molecule has 5 aromatic rings. The maximum absolute atomic E-state index is 14.0. The lowest BCUT2D eigenvalue weighted by atomic mass is 10.1. The van der Waals surface area contributed by atoms with Crippen LogP contribution >= 0.6 is 11.6 Å². The van der Waals surface area contributed by atoms with Crippen molar-refractivity contribution in [3.8, 4) is 22.8 Å². The number of aromatic nitrogens is 5. The van der Waals surface area contributed by atoms with Crippen molar-refractivity contribution in [2.75, 3.05) is 0 Å². The highest BCUT2D eigenvalue weighted by Crippen LogP contribution is 2.48. The SMILES string of the molecule is Cc1cnc(-c2ccnc(C3(OCc4ccccc4)CC3)n2)cc1-n1c(C)cc(OCc2ncc(F)cc2F)c(Cl)c1=O. The maximum Gasteiger partial charge on any atom is 0.277 e. The van der Waals surface area contributed by atoms with Crippen molar-refractivity contribution in [3.63, 3.8) is 0 Å². The Labute approximate surface area is 251 Å². The molecule has 1 aliphatic rings. The van der Waals surface area contributed by atoms with Crippen LogP contribution in [0.3, 0.4) is 0 Å². The number of hydrogen-bond acceptors (Lipinski definition) is 7. The standard InChI is InChI=1S/C32H26ClF2N5O3/c1-19-15-37-25(24-8-11-36-31(39-24)32(9-10-32)43-17-21-6-4-3-5-7-21)14-27(19)40-20(2)12-28(29(33)30(40)41)42-18-26-23(35)13-22(34)16-38-26/h3-8,11-16H,9-10,17-18H2,1-2H3. The number of halogens is 3. The van der Waals surface area contributed by atoms with Gasteiger partial charge in [-0.1, -0.05) is 41.9 Å². The first kappa shape index (κ1) is 28.6. The summed E-state index contributed by atoms with van der Waals surface area (Å²) in [5.41, 5.74) is 2.84. The van der Waals surface area contributed by atoms with E-state index >= 15 is 0 Å². The molecule has 0 unspecified atom stereocenters. The van der Waals surface area contributed by atoms with Crippen molar-refractivity contribution in [2.24, 2.45) is 0 Å². The Morgan fingerprint density at radius 2 is 1.74 bits per heavy atom. The minimum Gasteiger partial charge on any atom is -0.485 e. The van der Waals surface area contributed by atoms with Crippen molar-refractivity contribution < 1.29 is 18.3 Å². The first-order valence-electron chi connectivity index (χ1n) is 13.6. The molecule has 4 heterocycles. The topological polar surface area (TPSA) is 92.0 Å². The molecule has 0 radical (unpaired) electrons. The molecule has 0 N–H and O–H groups in total. The fourth-order valence-electron chi connectivity index (χ4n) is 4.74. The minimum absolute atomic E-state index is 0.0588. The number of benzene rings is 1. The van der Waals surface area contributed by atoms with E-state index in [1.807, 2.05) is 37.3 Å². The van der Waals surface area contributed by atoms with Crippen molar-refractivity contribution in [2.45, 2.75) is 45.5 Å². The van der Waals surface area contributed by atoms with E-state index in [0.29, 0.717) is 41.3 Å². The Hall–Kier alpha value is -4.54. The number of pyridine rings is 3. The monoisotopic (exact) mass is 601 g/mol. The predicted molar refractivity (Wildman–Crippen MR) is 156 cm³/mol. The van der Waals surface area contributed by atoms with Gasteiger partial charge in [0.2, 0.25) is 0 Å². The number of rotatable bonds is 9. The zero-order valence-electron chi connectivity index (χ0n) is 23.4. The van der Waals surface area contributed by atoms with E-state index in [2.05, 4.69) is 15.0 Å². The van der Waals surface area contributed by atoms with Gasteiger partial charge in [-0.15, -0.1) is 0 Å². The summed E-state index contributed by atoms with van der Waals surface area (Å²) >= 11 is 6.43. The zero-order valence-corrected chi connectivity index (χ0v) is 24.1. The van der Waals surface area contributed by atoms with Gasteiger partial charge in [-0.05, 0) is 49.9 Å². The van der Waals surface area contributed by atoms with Crippen LogP contribution in [0.1, 0.15) is 41.2 Å². The first-order chi connectivity index (χ1) is 20.7. The molecule has 4 aromatic heterocycles. The Bertz CT molecular complexity index is 1880. The second kappa shape index (κ2) is 11.6. The zero-order chi connectivity index (χ0) is 30.1. The van der Waals surface area contributed by atoms with Crippen LogP contribution in [0.25, 0.3) is 17.1 Å². The second-order valence-electron chi connectivity index (χ2n) is 10.4. The molecule has 0 amide bonds. The Morgan fingerprint density at radius 1 is 0.953 bits per heavy atom. The van der Waals surface area contributed by atoms with E-state index in [9.17, 15) is 13.6 Å². The van der Waals surface area contributed by atoms with Gasteiger partial charge in [-0.25, -0.2) is 18.7 Å². The third-order valence-electron chi connectivity index (χ3n) is 7.25. The van der Waals surface area contributed by atoms with Crippen LogP contribution in [0.4, 0.5) is 8.78 Å². The van der Waals surface area contributed by atoms with Crippen molar-refractivity contribution in [3.05, 3.63) is 129 Å². The Morgan fingerprint density at radius 3 is 2.49 bits per heavy atom. The van der Waals surface area contributed by atoms with E-state index in [-0.39, 0.29) is 23.1 Å². The van der Waals surface area contributed by atoms with Crippen LogP contribution < -0.4 is 10.3 Å². The predicted octanol–water partition coefficient (Wildman–Crippen LogP) is 6.42. The summed E-state index contributed by atoms with van der Waals surface area (Å²) < 4.78 is 40.6. The van der Waals surface area contributed by atoms with E-state index < -0.39 is 22.8 Å². The van der Waals surface area contributed by atoms with Crippen LogP contribution in [0.5, 0.6) is 5.75 Å². The Kier molecular flexibility index (Phi) is 7.72. The molecule has 1 fully saturated rings. The maximum atomic E-state index is 14.0. The lowest BCUT2D eigenvalue weighted by molar-refractivity contribution is 0.0111. The van der Waals surface area contributed by atoms with Gasteiger partial charge in [-0.3, -0.25) is 19.3 Å². The fraction of sp³-hybridized carbons (Fsp3) is 0.219. The average Bonchev–Trinajstić information content (AvgIpc) is 3.81. The van der Waals surface area contributed by atoms with Crippen LogP contribution in [-0.4, -0.2) is 24.5 Å². The van der Waals surface area contributed by atoms with Crippen molar-refractivity contribution in [1.82, 2.24) is 24.5 Å². The minimum atomic E-state index is -0.857. The molecular weight excluding hydrogens is 576 g/mol. The van der Waals surface area contributed by atoms with Crippen LogP contribution in [0.15, 0.2) is 78.0 Å². The lowest BCUT2D eigenvalue weighted by Gasteiger charge is -2.17. The lowest BCUT2D eigenvalue weighted by Crippen LogP contribution is -2.23. The van der Waals surface area contributed by atoms with E-state index in [0.717, 1.165) is 30.2 Å². The molecule has 1 aliphatic carbocycles. The van der Waals surface area contributed by atoms with Gasteiger partial charge in [0.25, 0.3) is 5.56 Å². The largest absolute Gasteiger partial charge is 0.485 e. The summed E-state index contributed by atoms with van der Waals surface area (Å²) in [5, 5.41) is -0.193. The molecule has 218 valence electrons. The molecule has 11 heteroatoms. The van der Waals surface area contributed by atoms with Crippen molar-refractivity contribution in [1.29, 1.82) is 0 Å². The van der Waals surface area contributed by atoms with Gasteiger partial charge in [0.1, 0.15) is 34.5 Å². The number of aryl methyl sites for hydroxylation is 2. The normalized spacial score (nSPS) is 13.6. The number of hydrogen-bond donors (Lipinski definition) is 0. The molecule has 0 bridgehead atoms. The summed E-state index contributed by atoms with van der Waals surface area (Å²) in [7, 11) is 0. The third kappa shape index (κ3) is 5.89. The summed E-state index contributed by atoms with van der Waals surface area (Å²) in [4.78, 5) is 31.1. The van der Waals surface area contributed by atoms with Gasteiger partial charge >= 0.3 is 0 Å². The summed E-state index contributed by atoms with van der Waals surface area (Å²) in [6.45, 7) is 3.69.